The van der Waals surface area contributed by atoms with Gasteiger partial charge in [-0.15, -0.1) is 0 Å². The van der Waals surface area contributed by atoms with Crippen molar-refractivity contribution in [2.75, 3.05) is 23.7 Å². The van der Waals surface area contributed by atoms with E-state index in [0.29, 0.717) is 23.4 Å². The number of carbonyl (C=O) groups is 2. The van der Waals surface area contributed by atoms with Crippen LogP contribution in [-0.2, 0) is 26.2 Å². The molecule has 0 aromatic heterocycles. The SMILES string of the molecule is Cc1ccc(C)c(N(CC(=O)N(Cc2ccc(F)cc2)[C@@H](C)C(=O)NCC(C)C)S(C)(=O)=O)c1. The van der Waals surface area contributed by atoms with Crippen molar-refractivity contribution in [2.45, 2.75) is 47.2 Å². The minimum Gasteiger partial charge on any atom is -0.354 e. The van der Waals surface area contributed by atoms with Gasteiger partial charge in [-0.1, -0.05) is 38.1 Å². The molecular formula is C25H34FN3O4S. The molecule has 0 aliphatic rings. The van der Waals surface area contributed by atoms with Crippen molar-refractivity contribution in [3.05, 3.63) is 65.0 Å². The van der Waals surface area contributed by atoms with Gasteiger partial charge in [0, 0.05) is 13.1 Å². The smallest absolute Gasteiger partial charge is 0.244 e. The summed E-state index contributed by atoms with van der Waals surface area (Å²) in [5, 5.41) is 2.82. The van der Waals surface area contributed by atoms with Crippen molar-refractivity contribution >= 4 is 27.5 Å². The summed E-state index contributed by atoms with van der Waals surface area (Å²) < 4.78 is 39.8. The minimum absolute atomic E-state index is 0.0276. The van der Waals surface area contributed by atoms with Crippen molar-refractivity contribution in [1.29, 1.82) is 0 Å². The molecule has 0 spiro atoms. The van der Waals surface area contributed by atoms with E-state index in [0.717, 1.165) is 16.1 Å². The summed E-state index contributed by atoms with van der Waals surface area (Å²) >= 11 is 0. The summed E-state index contributed by atoms with van der Waals surface area (Å²) in [4.78, 5) is 27.6. The van der Waals surface area contributed by atoms with Gasteiger partial charge in [0.1, 0.15) is 18.4 Å². The molecule has 0 unspecified atom stereocenters. The number of halogens is 1. The number of rotatable bonds is 10. The van der Waals surface area contributed by atoms with Crippen LogP contribution in [-0.4, -0.2) is 50.5 Å². The van der Waals surface area contributed by atoms with Gasteiger partial charge in [0.25, 0.3) is 0 Å². The van der Waals surface area contributed by atoms with Gasteiger partial charge in [-0.2, -0.15) is 0 Å². The van der Waals surface area contributed by atoms with E-state index in [-0.39, 0.29) is 18.4 Å². The Hall–Kier alpha value is -2.94. The lowest BCUT2D eigenvalue weighted by molar-refractivity contribution is -0.139. The van der Waals surface area contributed by atoms with Gasteiger partial charge < -0.3 is 10.2 Å². The summed E-state index contributed by atoms with van der Waals surface area (Å²) in [6, 6.07) is 10.1. The molecule has 0 heterocycles. The van der Waals surface area contributed by atoms with Crippen LogP contribution >= 0.6 is 0 Å². The number of aryl methyl sites for hydroxylation is 2. The molecule has 0 fully saturated rings. The Balaban J connectivity index is 2.40. The summed E-state index contributed by atoms with van der Waals surface area (Å²) in [7, 11) is -3.80. The van der Waals surface area contributed by atoms with Crippen molar-refractivity contribution in [2.24, 2.45) is 5.92 Å². The van der Waals surface area contributed by atoms with Crippen molar-refractivity contribution in [3.63, 3.8) is 0 Å². The quantitative estimate of drug-likeness (QED) is 0.552. The van der Waals surface area contributed by atoms with E-state index in [2.05, 4.69) is 5.32 Å². The van der Waals surface area contributed by atoms with Crippen LogP contribution in [0.15, 0.2) is 42.5 Å². The van der Waals surface area contributed by atoms with Crippen LogP contribution in [0.4, 0.5) is 10.1 Å². The largest absolute Gasteiger partial charge is 0.354 e. The van der Waals surface area contributed by atoms with Crippen LogP contribution in [0.25, 0.3) is 0 Å². The number of hydrogen-bond acceptors (Lipinski definition) is 4. The van der Waals surface area contributed by atoms with E-state index in [1.165, 1.54) is 29.2 Å². The van der Waals surface area contributed by atoms with Crippen molar-refractivity contribution < 1.29 is 22.4 Å². The van der Waals surface area contributed by atoms with Crippen LogP contribution in [0.2, 0.25) is 0 Å². The fourth-order valence-electron chi connectivity index (χ4n) is 3.40. The van der Waals surface area contributed by atoms with E-state index in [1.54, 1.807) is 26.0 Å². The van der Waals surface area contributed by atoms with Crippen LogP contribution in [0.5, 0.6) is 0 Å². The molecule has 9 heteroatoms. The number of nitrogens with one attached hydrogen (secondary N) is 1. The Morgan fingerprint density at radius 3 is 2.21 bits per heavy atom. The normalized spacial score (nSPS) is 12.4. The third kappa shape index (κ3) is 7.55. The molecule has 2 aromatic rings. The van der Waals surface area contributed by atoms with Crippen LogP contribution in [0.1, 0.15) is 37.5 Å². The van der Waals surface area contributed by atoms with E-state index >= 15 is 0 Å². The molecule has 186 valence electrons. The standard InChI is InChI=1S/C25H34FN3O4S/c1-17(2)14-27-25(31)20(5)28(15-21-9-11-22(26)12-10-21)24(30)16-29(34(6,32)33)23-13-18(3)7-8-19(23)4/h7-13,17,20H,14-16H2,1-6H3,(H,27,31)/t20-/m0/s1. The maximum absolute atomic E-state index is 13.5. The molecule has 2 amide bonds. The zero-order chi connectivity index (χ0) is 25.6. The van der Waals surface area contributed by atoms with Gasteiger partial charge in [0.15, 0.2) is 0 Å². The number of sulfonamides is 1. The molecule has 1 N–H and O–H groups in total. The van der Waals surface area contributed by atoms with E-state index in [1.807, 2.05) is 26.8 Å². The molecule has 1 atom stereocenters. The molecule has 0 bridgehead atoms. The van der Waals surface area contributed by atoms with Gasteiger partial charge in [-0.25, -0.2) is 12.8 Å². The monoisotopic (exact) mass is 491 g/mol. The minimum atomic E-state index is -3.80. The zero-order valence-electron chi connectivity index (χ0n) is 20.6. The maximum atomic E-state index is 13.5. The summed E-state index contributed by atoms with van der Waals surface area (Å²) in [6.45, 7) is 9.13. The molecule has 0 aliphatic carbocycles. The average molecular weight is 492 g/mol. The first-order valence-electron chi connectivity index (χ1n) is 11.2. The highest BCUT2D eigenvalue weighted by Gasteiger charge is 2.30. The summed E-state index contributed by atoms with van der Waals surface area (Å²) in [5.74, 6) is -1.07. The maximum Gasteiger partial charge on any atom is 0.244 e. The predicted octanol–water partition coefficient (Wildman–Crippen LogP) is 3.40. The lowest BCUT2D eigenvalue weighted by atomic mass is 10.1. The number of benzene rings is 2. The van der Waals surface area contributed by atoms with Gasteiger partial charge in [0.05, 0.1) is 11.9 Å². The molecule has 0 saturated carbocycles. The second kappa shape index (κ2) is 11.5. The average Bonchev–Trinajstić information content (AvgIpc) is 2.75. The first-order chi connectivity index (χ1) is 15.8. The van der Waals surface area contributed by atoms with Gasteiger partial charge in [-0.3, -0.25) is 13.9 Å². The second-order valence-electron chi connectivity index (χ2n) is 9.02. The Labute approximate surface area is 202 Å². The molecule has 0 saturated heterocycles. The third-order valence-corrected chi connectivity index (χ3v) is 6.56. The highest BCUT2D eigenvalue weighted by molar-refractivity contribution is 7.92. The lowest BCUT2D eigenvalue weighted by Gasteiger charge is -2.32. The molecule has 34 heavy (non-hydrogen) atoms. The second-order valence-corrected chi connectivity index (χ2v) is 10.9. The lowest BCUT2D eigenvalue weighted by Crippen LogP contribution is -2.51. The zero-order valence-corrected chi connectivity index (χ0v) is 21.4. The Kier molecular flexibility index (Phi) is 9.21. The summed E-state index contributed by atoms with van der Waals surface area (Å²) in [6.07, 6.45) is 1.05. The van der Waals surface area contributed by atoms with E-state index in [4.69, 9.17) is 0 Å². The number of anilines is 1. The highest BCUT2D eigenvalue weighted by atomic mass is 32.2. The molecular weight excluding hydrogens is 457 g/mol. The van der Waals surface area contributed by atoms with Crippen LogP contribution in [0.3, 0.4) is 0 Å². The Morgan fingerprint density at radius 2 is 1.65 bits per heavy atom. The molecule has 2 aromatic carbocycles. The van der Waals surface area contributed by atoms with Crippen molar-refractivity contribution in [1.82, 2.24) is 10.2 Å². The third-order valence-electron chi connectivity index (χ3n) is 5.43. The predicted molar refractivity (Wildman–Crippen MR) is 132 cm³/mol. The Bertz CT molecular complexity index is 1120. The first kappa shape index (κ1) is 27.3. The van der Waals surface area contributed by atoms with E-state index in [9.17, 15) is 22.4 Å². The molecule has 2 rings (SSSR count). The van der Waals surface area contributed by atoms with Gasteiger partial charge in [0.2, 0.25) is 21.8 Å². The fourth-order valence-corrected chi connectivity index (χ4v) is 4.30. The van der Waals surface area contributed by atoms with Gasteiger partial charge in [-0.05, 0) is 61.6 Å². The van der Waals surface area contributed by atoms with Gasteiger partial charge >= 0.3 is 0 Å². The molecule has 0 radical (unpaired) electrons. The number of amides is 2. The van der Waals surface area contributed by atoms with Crippen LogP contribution < -0.4 is 9.62 Å². The topological polar surface area (TPSA) is 86.8 Å². The number of hydrogen-bond donors (Lipinski definition) is 1. The molecule has 7 nitrogen and oxygen atoms in total. The summed E-state index contributed by atoms with van der Waals surface area (Å²) in [5.41, 5.74) is 2.59. The fraction of sp³-hybridized carbons (Fsp3) is 0.440. The molecule has 0 aliphatic heterocycles. The number of nitrogens with zero attached hydrogens (tertiary/aromatic N) is 2. The van der Waals surface area contributed by atoms with Crippen molar-refractivity contribution in [3.8, 4) is 0 Å². The van der Waals surface area contributed by atoms with Crippen LogP contribution in [0, 0.1) is 25.6 Å². The van der Waals surface area contributed by atoms with E-state index < -0.39 is 34.3 Å². The Morgan fingerprint density at radius 1 is 1.03 bits per heavy atom. The number of carbonyl (C=O) groups excluding carboxylic acids is 2. The highest BCUT2D eigenvalue weighted by Crippen LogP contribution is 2.24. The first-order valence-corrected chi connectivity index (χ1v) is 13.0.